The lowest BCUT2D eigenvalue weighted by atomic mass is 10.0. The summed E-state index contributed by atoms with van der Waals surface area (Å²) in [5.41, 5.74) is 0.861. The van der Waals surface area contributed by atoms with Gasteiger partial charge in [0.25, 0.3) is 0 Å². The molecule has 214 valence electrons. The number of anilines is 1. The number of nitro groups is 1. The van der Waals surface area contributed by atoms with Crippen molar-refractivity contribution in [3.05, 3.63) is 75.3 Å². The molecule has 4 rings (SSSR count). The topological polar surface area (TPSA) is 154 Å². The van der Waals surface area contributed by atoms with Crippen LogP contribution in [-0.2, 0) is 27.5 Å². The Morgan fingerprint density at radius 3 is 2.35 bits per heavy atom. The van der Waals surface area contributed by atoms with E-state index < -0.39 is 49.5 Å². The fourth-order valence-corrected chi connectivity index (χ4v) is 5.77. The molecule has 16 heteroatoms. The molecular weight excluding hydrogens is 555 g/mol. The number of sulfonamides is 1. The second-order valence-electron chi connectivity index (χ2n) is 9.43. The number of nitrogens with zero attached hydrogens (tertiary/aromatic N) is 5. The summed E-state index contributed by atoms with van der Waals surface area (Å²) in [5.74, 6) is -1.08. The number of nitrogens with one attached hydrogen (secondary N) is 2. The maximum absolute atomic E-state index is 13.5. The zero-order valence-electron chi connectivity index (χ0n) is 21.4. The number of rotatable bonds is 8. The first-order chi connectivity index (χ1) is 18.8. The van der Waals surface area contributed by atoms with Gasteiger partial charge in [-0.15, -0.1) is 5.10 Å². The van der Waals surface area contributed by atoms with Crippen LogP contribution in [0.4, 0.5) is 25.1 Å². The minimum atomic E-state index is -4.65. The molecule has 1 aliphatic rings. The average molecular weight is 582 g/mol. The number of halogens is 3. The first-order valence-corrected chi connectivity index (χ1v) is 13.6. The molecule has 0 aliphatic carbocycles. The summed E-state index contributed by atoms with van der Waals surface area (Å²) in [6, 6.07) is 9.19. The molecule has 0 saturated carbocycles. The van der Waals surface area contributed by atoms with E-state index in [2.05, 4.69) is 20.5 Å². The van der Waals surface area contributed by atoms with Gasteiger partial charge in [0, 0.05) is 26.2 Å². The van der Waals surface area contributed by atoms with Crippen LogP contribution < -0.4 is 10.2 Å². The van der Waals surface area contributed by atoms with Crippen LogP contribution in [0.1, 0.15) is 36.5 Å². The number of H-pyrrole nitrogens is 1. The van der Waals surface area contributed by atoms with Gasteiger partial charge in [0.15, 0.2) is 0 Å². The van der Waals surface area contributed by atoms with E-state index in [0.717, 1.165) is 27.6 Å². The standard InChI is InChI=1S/C24H26F3N7O5S/c1-15(2)17-5-3-16(4-6-17)13-28-21(35)20-14-32(22-29-23(31-30-22)34(36)37)11-12-33(20)40(38,39)19-9-7-18(8-10-19)24(25,26)27/h3-10,15,20H,11-14H2,1-2H3,(H,28,35)(H,29,30,31)/t20-/m1/s1. The predicted octanol–water partition coefficient (Wildman–Crippen LogP) is 3.05. The van der Waals surface area contributed by atoms with E-state index in [9.17, 15) is 36.5 Å². The summed E-state index contributed by atoms with van der Waals surface area (Å²) in [6.07, 6.45) is -4.65. The molecule has 1 atom stereocenters. The molecule has 12 nitrogen and oxygen atoms in total. The van der Waals surface area contributed by atoms with Crippen LogP contribution in [0.2, 0.25) is 0 Å². The van der Waals surface area contributed by atoms with Crippen LogP contribution >= 0.6 is 0 Å². The minimum Gasteiger partial charge on any atom is -0.390 e. The van der Waals surface area contributed by atoms with Crippen LogP contribution in [0.25, 0.3) is 0 Å². The Bertz CT molecular complexity index is 1480. The highest BCUT2D eigenvalue weighted by molar-refractivity contribution is 7.89. The van der Waals surface area contributed by atoms with Gasteiger partial charge in [-0.3, -0.25) is 4.79 Å². The number of amides is 1. The van der Waals surface area contributed by atoms with E-state index in [4.69, 9.17) is 0 Å². The summed E-state index contributed by atoms with van der Waals surface area (Å²) in [4.78, 5) is 28.4. The lowest BCUT2D eigenvalue weighted by Gasteiger charge is -2.38. The van der Waals surface area contributed by atoms with Crippen molar-refractivity contribution in [1.82, 2.24) is 24.8 Å². The van der Waals surface area contributed by atoms with E-state index in [0.29, 0.717) is 18.1 Å². The lowest BCUT2D eigenvalue weighted by molar-refractivity contribution is -0.394. The van der Waals surface area contributed by atoms with Crippen LogP contribution in [0.15, 0.2) is 53.4 Å². The predicted molar refractivity (Wildman–Crippen MR) is 137 cm³/mol. The zero-order chi connectivity index (χ0) is 29.2. The summed E-state index contributed by atoms with van der Waals surface area (Å²) < 4.78 is 66.9. The van der Waals surface area contributed by atoms with Gasteiger partial charge in [-0.1, -0.05) is 43.2 Å². The van der Waals surface area contributed by atoms with E-state index in [1.165, 1.54) is 4.90 Å². The summed E-state index contributed by atoms with van der Waals surface area (Å²) in [6.45, 7) is 3.63. The Morgan fingerprint density at radius 1 is 1.15 bits per heavy atom. The number of carbonyl (C=O) groups excluding carboxylic acids is 1. The number of hydrogen-bond acceptors (Lipinski definition) is 8. The Labute approximate surface area is 227 Å². The fourth-order valence-electron chi connectivity index (χ4n) is 4.20. The Kier molecular flexibility index (Phi) is 8.11. The van der Waals surface area contributed by atoms with E-state index in [1.807, 2.05) is 38.1 Å². The molecule has 0 radical (unpaired) electrons. The molecule has 1 aliphatic heterocycles. The minimum absolute atomic E-state index is 0.0324. The quantitative estimate of drug-likeness (QED) is 0.304. The van der Waals surface area contributed by atoms with Gasteiger partial charge in [-0.25, -0.2) is 8.42 Å². The van der Waals surface area contributed by atoms with Gasteiger partial charge in [-0.05, 0) is 51.2 Å². The van der Waals surface area contributed by atoms with Gasteiger partial charge < -0.3 is 20.3 Å². The molecule has 40 heavy (non-hydrogen) atoms. The first kappa shape index (κ1) is 28.9. The molecular formula is C24H26F3N7O5S. The summed E-state index contributed by atoms with van der Waals surface area (Å²) >= 11 is 0. The number of alkyl halides is 3. The number of piperazine rings is 1. The largest absolute Gasteiger partial charge is 0.455 e. The lowest BCUT2D eigenvalue weighted by Crippen LogP contribution is -2.60. The van der Waals surface area contributed by atoms with Crippen LogP contribution in [-0.4, -0.2) is 64.4 Å². The average Bonchev–Trinajstić information content (AvgIpc) is 3.42. The molecule has 0 spiro atoms. The molecule has 1 fully saturated rings. The number of carbonyl (C=O) groups is 1. The number of aromatic amines is 1. The highest BCUT2D eigenvalue weighted by atomic mass is 32.2. The van der Waals surface area contributed by atoms with Gasteiger partial charge in [0.2, 0.25) is 15.9 Å². The second-order valence-corrected chi connectivity index (χ2v) is 11.3. The van der Waals surface area contributed by atoms with E-state index in [-0.39, 0.29) is 32.1 Å². The fraction of sp³-hybridized carbons (Fsp3) is 0.375. The molecule has 2 heterocycles. The van der Waals surface area contributed by atoms with Crippen LogP contribution in [0, 0.1) is 10.1 Å². The smallest absolute Gasteiger partial charge is 0.390 e. The number of hydrogen-bond donors (Lipinski definition) is 2. The van der Waals surface area contributed by atoms with Gasteiger partial charge in [-0.2, -0.15) is 17.5 Å². The second kappa shape index (κ2) is 11.2. The first-order valence-electron chi connectivity index (χ1n) is 12.1. The van der Waals surface area contributed by atoms with Crippen molar-refractivity contribution in [2.45, 2.75) is 43.4 Å². The number of aromatic nitrogens is 3. The molecule has 0 bridgehead atoms. The van der Waals surface area contributed by atoms with E-state index >= 15 is 0 Å². The van der Waals surface area contributed by atoms with Gasteiger partial charge in [0.1, 0.15) is 6.04 Å². The van der Waals surface area contributed by atoms with Crippen molar-refractivity contribution in [2.24, 2.45) is 0 Å². The molecule has 0 unspecified atom stereocenters. The van der Waals surface area contributed by atoms with Gasteiger partial charge >= 0.3 is 18.1 Å². The molecule has 3 aromatic rings. The van der Waals surface area contributed by atoms with Crippen molar-refractivity contribution < 1.29 is 31.3 Å². The summed E-state index contributed by atoms with van der Waals surface area (Å²) in [5, 5.41) is 19.7. The zero-order valence-corrected chi connectivity index (χ0v) is 22.2. The maximum Gasteiger partial charge on any atom is 0.455 e. The van der Waals surface area contributed by atoms with Crippen molar-refractivity contribution in [2.75, 3.05) is 24.5 Å². The SMILES string of the molecule is CC(C)c1ccc(CNC(=O)[C@H]2CN(c3n[nH]c([N+](=O)[O-])n3)CCN2S(=O)(=O)c2ccc(C(F)(F)F)cc2)cc1. The third-order valence-electron chi connectivity index (χ3n) is 6.45. The summed E-state index contributed by atoms with van der Waals surface area (Å²) in [7, 11) is -4.41. The van der Waals surface area contributed by atoms with Crippen molar-refractivity contribution >= 4 is 27.8 Å². The third-order valence-corrected chi connectivity index (χ3v) is 8.38. The third kappa shape index (κ3) is 6.22. The van der Waals surface area contributed by atoms with Crippen molar-refractivity contribution in [3.63, 3.8) is 0 Å². The maximum atomic E-state index is 13.5. The monoisotopic (exact) mass is 581 g/mol. The highest BCUT2D eigenvalue weighted by Crippen LogP contribution is 2.31. The van der Waals surface area contributed by atoms with Crippen molar-refractivity contribution in [3.8, 4) is 0 Å². The molecule has 1 aromatic heterocycles. The highest BCUT2D eigenvalue weighted by Gasteiger charge is 2.42. The van der Waals surface area contributed by atoms with Crippen LogP contribution in [0.3, 0.4) is 0 Å². The molecule has 1 amide bonds. The molecule has 2 aromatic carbocycles. The Balaban J connectivity index is 1.59. The van der Waals surface area contributed by atoms with Crippen LogP contribution in [0.5, 0.6) is 0 Å². The molecule has 2 N–H and O–H groups in total. The number of benzene rings is 2. The normalized spacial score (nSPS) is 16.8. The Hall–Kier alpha value is -4.05. The Morgan fingerprint density at radius 2 is 1.80 bits per heavy atom. The van der Waals surface area contributed by atoms with Gasteiger partial charge in [0.05, 0.1) is 10.5 Å². The molecule has 1 saturated heterocycles. The van der Waals surface area contributed by atoms with Crippen molar-refractivity contribution in [1.29, 1.82) is 0 Å². The van der Waals surface area contributed by atoms with E-state index in [1.54, 1.807) is 0 Å².